The third-order valence-corrected chi connectivity index (χ3v) is 3.43. The molecule has 0 radical (unpaired) electrons. The van der Waals surface area contributed by atoms with E-state index in [2.05, 4.69) is 10.2 Å². The van der Waals surface area contributed by atoms with Crippen LogP contribution in [0.15, 0.2) is 24.3 Å². The van der Waals surface area contributed by atoms with Crippen molar-refractivity contribution in [3.63, 3.8) is 0 Å². The molecule has 1 fully saturated rings. The van der Waals surface area contributed by atoms with Gasteiger partial charge in [-0.25, -0.2) is 0 Å². The lowest BCUT2D eigenvalue weighted by atomic mass is 10.2. The van der Waals surface area contributed by atoms with Gasteiger partial charge in [-0.2, -0.15) is 0 Å². The molecule has 1 aromatic carbocycles. The number of carbonyl (C=O) groups is 1. The van der Waals surface area contributed by atoms with Crippen LogP contribution in [0.5, 0.6) is 0 Å². The van der Waals surface area contributed by atoms with Gasteiger partial charge in [0.15, 0.2) is 0 Å². The molecule has 0 unspecified atom stereocenters. The van der Waals surface area contributed by atoms with Gasteiger partial charge < -0.3 is 19.7 Å². The Morgan fingerprint density at radius 3 is 2.75 bits per heavy atom. The molecule has 110 valence electrons. The summed E-state index contributed by atoms with van der Waals surface area (Å²) >= 11 is 0. The summed E-state index contributed by atoms with van der Waals surface area (Å²) in [7, 11) is 1.76. The van der Waals surface area contributed by atoms with E-state index in [1.54, 1.807) is 7.11 Å². The summed E-state index contributed by atoms with van der Waals surface area (Å²) in [6.07, 6.45) is 1.38. The van der Waals surface area contributed by atoms with Gasteiger partial charge in [-0.05, 0) is 37.6 Å². The Balaban J connectivity index is 1.88. The first-order valence-electron chi connectivity index (χ1n) is 6.98. The molecule has 0 aromatic heterocycles. The highest BCUT2D eigenvalue weighted by Crippen LogP contribution is 2.23. The zero-order valence-electron chi connectivity index (χ0n) is 12.1. The molecular weight excluding hydrogens is 256 g/mol. The van der Waals surface area contributed by atoms with E-state index in [9.17, 15) is 4.79 Å². The molecule has 1 atom stereocenters. The van der Waals surface area contributed by atoms with Crippen molar-refractivity contribution in [2.75, 3.05) is 43.6 Å². The number of ether oxygens (including phenoxy) is 2. The summed E-state index contributed by atoms with van der Waals surface area (Å²) in [4.78, 5) is 13.8. The molecule has 1 heterocycles. The fraction of sp³-hybridized carbons (Fsp3) is 0.533. The van der Waals surface area contributed by atoms with Crippen molar-refractivity contribution in [1.29, 1.82) is 0 Å². The fourth-order valence-electron chi connectivity index (χ4n) is 2.30. The van der Waals surface area contributed by atoms with Gasteiger partial charge in [-0.3, -0.25) is 4.79 Å². The second-order valence-electron chi connectivity index (χ2n) is 4.82. The molecular formula is C15H22N2O3. The topological polar surface area (TPSA) is 50.8 Å². The average Bonchev–Trinajstić information content (AvgIpc) is 2.95. The van der Waals surface area contributed by atoms with Gasteiger partial charge in [0.25, 0.3) is 0 Å². The van der Waals surface area contributed by atoms with E-state index < -0.39 is 0 Å². The minimum absolute atomic E-state index is 0.0971. The van der Waals surface area contributed by atoms with Crippen LogP contribution in [-0.2, 0) is 14.3 Å². The van der Waals surface area contributed by atoms with Gasteiger partial charge >= 0.3 is 0 Å². The Morgan fingerprint density at radius 1 is 1.40 bits per heavy atom. The van der Waals surface area contributed by atoms with Gasteiger partial charge in [0.2, 0.25) is 5.91 Å². The lowest BCUT2D eigenvalue weighted by Gasteiger charge is -2.18. The standard InChI is InChI=1S/C15H22N2O3/c1-3-20-11-15(18)16-12-4-6-13(7-5-12)17-9-8-14(10-17)19-2/h4-7,14H,3,8-11H2,1-2H3,(H,16,18)/t14-/m1/s1. The van der Waals surface area contributed by atoms with Crippen LogP contribution in [0, 0.1) is 0 Å². The maximum absolute atomic E-state index is 11.5. The molecule has 0 saturated carbocycles. The zero-order chi connectivity index (χ0) is 14.4. The Labute approximate surface area is 119 Å². The highest BCUT2D eigenvalue weighted by molar-refractivity contribution is 5.91. The molecule has 5 nitrogen and oxygen atoms in total. The number of methoxy groups -OCH3 is 1. The van der Waals surface area contributed by atoms with Crippen molar-refractivity contribution in [1.82, 2.24) is 0 Å². The number of nitrogens with zero attached hydrogens (tertiary/aromatic N) is 1. The third-order valence-electron chi connectivity index (χ3n) is 3.43. The van der Waals surface area contributed by atoms with Gasteiger partial charge in [0, 0.05) is 38.2 Å². The molecule has 1 N–H and O–H groups in total. The average molecular weight is 278 g/mol. The van der Waals surface area contributed by atoms with E-state index >= 15 is 0 Å². The molecule has 20 heavy (non-hydrogen) atoms. The minimum Gasteiger partial charge on any atom is -0.380 e. The Kier molecular flexibility index (Phi) is 5.38. The van der Waals surface area contributed by atoms with Crippen LogP contribution in [0.1, 0.15) is 13.3 Å². The SMILES string of the molecule is CCOCC(=O)Nc1ccc(N2CC[C@@H](OC)C2)cc1. The fourth-order valence-corrected chi connectivity index (χ4v) is 2.30. The molecule has 0 aliphatic carbocycles. The summed E-state index contributed by atoms with van der Waals surface area (Å²) < 4.78 is 10.4. The van der Waals surface area contributed by atoms with Crippen molar-refractivity contribution in [3.05, 3.63) is 24.3 Å². The van der Waals surface area contributed by atoms with Crippen molar-refractivity contribution in [2.24, 2.45) is 0 Å². The second-order valence-corrected chi connectivity index (χ2v) is 4.82. The predicted molar refractivity (Wildman–Crippen MR) is 79.2 cm³/mol. The molecule has 1 aliphatic rings. The second kappa shape index (κ2) is 7.26. The van der Waals surface area contributed by atoms with Crippen LogP contribution >= 0.6 is 0 Å². The zero-order valence-corrected chi connectivity index (χ0v) is 12.1. The lowest BCUT2D eigenvalue weighted by molar-refractivity contribution is -0.120. The van der Waals surface area contributed by atoms with Crippen molar-refractivity contribution < 1.29 is 14.3 Å². The summed E-state index contributed by atoms with van der Waals surface area (Å²) in [6, 6.07) is 7.88. The highest BCUT2D eigenvalue weighted by atomic mass is 16.5. The van der Waals surface area contributed by atoms with Crippen LogP contribution in [0.4, 0.5) is 11.4 Å². The van der Waals surface area contributed by atoms with E-state index in [-0.39, 0.29) is 12.5 Å². The molecule has 1 aromatic rings. The summed E-state index contributed by atoms with van der Waals surface area (Å²) in [6.45, 7) is 4.44. The highest BCUT2D eigenvalue weighted by Gasteiger charge is 2.21. The lowest BCUT2D eigenvalue weighted by Crippen LogP contribution is -2.22. The van der Waals surface area contributed by atoms with E-state index in [1.165, 1.54) is 0 Å². The van der Waals surface area contributed by atoms with Gasteiger partial charge in [-0.1, -0.05) is 0 Å². The number of amides is 1. The molecule has 0 bridgehead atoms. The summed E-state index contributed by atoms with van der Waals surface area (Å²) in [5, 5.41) is 2.81. The quantitative estimate of drug-likeness (QED) is 0.863. The number of hydrogen-bond acceptors (Lipinski definition) is 4. The third kappa shape index (κ3) is 3.95. The number of carbonyl (C=O) groups excluding carboxylic acids is 1. The smallest absolute Gasteiger partial charge is 0.250 e. The van der Waals surface area contributed by atoms with Crippen molar-refractivity contribution >= 4 is 17.3 Å². The van der Waals surface area contributed by atoms with Crippen LogP contribution in [0.2, 0.25) is 0 Å². The van der Waals surface area contributed by atoms with E-state index in [0.29, 0.717) is 12.7 Å². The molecule has 1 aliphatic heterocycles. The Bertz CT molecular complexity index is 433. The van der Waals surface area contributed by atoms with Crippen molar-refractivity contribution in [3.8, 4) is 0 Å². The Hall–Kier alpha value is -1.59. The van der Waals surface area contributed by atoms with E-state index in [1.807, 2.05) is 31.2 Å². The van der Waals surface area contributed by atoms with Gasteiger partial charge in [0.1, 0.15) is 6.61 Å². The van der Waals surface area contributed by atoms with Gasteiger partial charge in [0.05, 0.1) is 6.10 Å². The maximum atomic E-state index is 11.5. The van der Waals surface area contributed by atoms with Crippen LogP contribution < -0.4 is 10.2 Å². The number of anilines is 2. The largest absolute Gasteiger partial charge is 0.380 e. The number of rotatable bonds is 6. The maximum Gasteiger partial charge on any atom is 0.250 e. The first-order valence-corrected chi connectivity index (χ1v) is 6.98. The Morgan fingerprint density at radius 2 is 2.15 bits per heavy atom. The van der Waals surface area contributed by atoms with E-state index in [0.717, 1.165) is 30.9 Å². The molecule has 5 heteroatoms. The summed E-state index contributed by atoms with van der Waals surface area (Å²) in [5.41, 5.74) is 1.95. The number of nitrogens with one attached hydrogen (secondary N) is 1. The number of benzene rings is 1. The number of hydrogen-bond donors (Lipinski definition) is 1. The molecule has 1 saturated heterocycles. The predicted octanol–water partition coefficient (Wildman–Crippen LogP) is 1.89. The van der Waals surface area contributed by atoms with Crippen LogP contribution in [0.25, 0.3) is 0 Å². The molecule has 0 spiro atoms. The molecule has 2 rings (SSSR count). The van der Waals surface area contributed by atoms with Crippen LogP contribution in [-0.4, -0.2) is 45.4 Å². The normalized spacial score (nSPS) is 18.3. The van der Waals surface area contributed by atoms with Crippen molar-refractivity contribution in [2.45, 2.75) is 19.4 Å². The molecule has 1 amide bonds. The minimum atomic E-state index is -0.125. The first-order chi connectivity index (χ1) is 9.72. The van der Waals surface area contributed by atoms with Gasteiger partial charge in [-0.15, -0.1) is 0 Å². The monoisotopic (exact) mass is 278 g/mol. The first kappa shape index (κ1) is 14.8. The van der Waals surface area contributed by atoms with Crippen LogP contribution in [0.3, 0.4) is 0 Å². The van der Waals surface area contributed by atoms with E-state index in [4.69, 9.17) is 9.47 Å². The summed E-state index contributed by atoms with van der Waals surface area (Å²) in [5.74, 6) is -0.125.